The summed E-state index contributed by atoms with van der Waals surface area (Å²) in [6.45, 7) is 5.20. The van der Waals surface area contributed by atoms with E-state index in [-0.39, 0.29) is 23.4 Å². The van der Waals surface area contributed by atoms with Crippen molar-refractivity contribution in [2.45, 2.75) is 50.9 Å². The zero-order valence-electron chi connectivity index (χ0n) is 22.6. The molecule has 0 saturated carbocycles. The fraction of sp³-hybridized carbons (Fsp3) is 0.387. The molecule has 5 heterocycles. The molecule has 8 nitrogen and oxygen atoms in total. The highest BCUT2D eigenvalue weighted by Crippen LogP contribution is 2.33. The summed E-state index contributed by atoms with van der Waals surface area (Å²) in [6, 6.07) is 14.3. The van der Waals surface area contributed by atoms with Crippen molar-refractivity contribution >= 4 is 34.4 Å². The van der Waals surface area contributed by atoms with Crippen LogP contribution in [0.15, 0.2) is 48.5 Å². The summed E-state index contributed by atoms with van der Waals surface area (Å²) in [4.78, 5) is 26.2. The predicted octanol–water partition coefficient (Wildman–Crippen LogP) is 5.26. The van der Waals surface area contributed by atoms with E-state index in [1.165, 1.54) is 11.6 Å². The van der Waals surface area contributed by atoms with Gasteiger partial charge in [0.2, 0.25) is 0 Å². The number of rotatable bonds is 7. The van der Waals surface area contributed by atoms with Crippen molar-refractivity contribution in [3.8, 4) is 0 Å². The summed E-state index contributed by atoms with van der Waals surface area (Å²) >= 11 is 5.96. The zero-order valence-corrected chi connectivity index (χ0v) is 23.4. The van der Waals surface area contributed by atoms with E-state index >= 15 is 0 Å². The first kappa shape index (κ1) is 26.4. The number of anilines is 1. The third-order valence-electron chi connectivity index (χ3n) is 8.66. The van der Waals surface area contributed by atoms with Crippen LogP contribution in [0.1, 0.15) is 51.8 Å². The Kier molecular flexibility index (Phi) is 6.89. The van der Waals surface area contributed by atoms with Crippen LogP contribution in [0.5, 0.6) is 0 Å². The number of imidazole rings is 1. The van der Waals surface area contributed by atoms with Crippen molar-refractivity contribution < 1.29 is 19.0 Å². The second-order valence-electron chi connectivity index (χ2n) is 11.3. The highest BCUT2D eigenvalue weighted by molar-refractivity contribution is 6.30. The minimum Gasteiger partial charge on any atom is -0.478 e. The Bertz CT molecular complexity index is 1640. The topological polar surface area (TPSA) is 83.7 Å². The lowest BCUT2D eigenvalue weighted by atomic mass is 9.98. The first-order valence-electron chi connectivity index (χ1n) is 14.2. The van der Waals surface area contributed by atoms with E-state index in [1.807, 2.05) is 0 Å². The Labute approximate surface area is 242 Å². The van der Waals surface area contributed by atoms with Crippen molar-refractivity contribution in [2.24, 2.45) is 0 Å². The molecule has 3 aliphatic heterocycles. The summed E-state index contributed by atoms with van der Waals surface area (Å²) in [5.74, 6) is 0.754. The van der Waals surface area contributed by atoms with E-state index < -0.39 is 5.97 Å². The number of nitrogens with zero attached hydrogens (tertiary/aromatic N) is 5. The number of benzene rings is 2. The molecule has 3 aliphatic rings. The number of pyridine rings is 1. The normalized spacial score (nSPS) is 20.8. The van der Waals surface area contributed by atoms with Crippen LogP contribution in [0.3, 0.4) is 0 Å². The molecule has 2 aromatic carbocycles. The average Bonchev–Trinajstić information content (AvgIpc) is 3.55. The van der Waals surface area contributed by atoms with Gasteiger partial charge >= 0.3 is 5.97 Å². The van der Waals surface area contributed by atoms with Crippen LogP contribution in [0.4, 0.5) is 10.2 Å². The molecule has 2 aromatic heterocycles. The minimum absolute atomic E-state index is 0.107. The molecule has 2 saturated heterocycles. The molecule has 41 heavy (non-hydrogen) atoms. The summed E-state index contributed by atoms with van der Waals surface area (Å²) in [7, 11) is 0. The van der Waals surface area contributed by atoms with Gasteiger partial charge in [-0.15, -0.1) is 0 Å². The van der Waals surface area contributed by atoms with Gasteiger partial charge < -0.3 is 19.3 Å². The molecule has 2 atom stereocenters. The average molecular weight is 576 g/mol. The van der Waals surface area contributed by atoms with E-state index in [1.54, 1.807) is 30.3 Å². The van der Waals surface area contributed by atoms with E-state index in [0.717, 1.165) is 73.9 Å². The Morgan fingerprint density at radius 3 is 2.76 bits per heavy atom. The largest absolute Gasteiger partial charge is 0.478 e. The molecule has 10 heteroatoms. The SMILES string of the molecule is O=C(O)c1ccc2nc(CN3CCc4ccc(N5CCC(c6ccc(Cl)cc6F)C5)nc4C3)n(C[C@@H]3CCO3)c2c1. The van der Waals surface area contributed by atoms with Crippen molar-refractivity contribution in [1.82, 2.24) is 19.4 Å². The molecule has 1 unspecified atom stereocenters. The number of hydrogen-bond acceptors (Lipinski definition) is 6. The first-order valence-corrected chi connectivity index (χ1v) is 14.5. The van der Waals surface area contributed by atoms with Crippen LogP contribution in [-0.4, -0.2) is 62.9 Å². The number of ether oxygens (including phenoxy) is 1. The number of fused-ring (bicyclic) bond motifs is 2. The molecule has 0 bridgehead atoms. The van der Waals surface area contributed by atoms with E-state index in [2.05, 4.69) is 26.5 Å². The zero-order chi connectivity index (χ0) is 28.1. The van der Waals surface area contributed by atoms with Crippen molar-refractivity contribution in [3.63, 3.8) is 0 Å². The lowest BCUT2D eigenvalue weighted by molar-refractivity contribution is -0.0592. The third-order valence-corrected chi connectivity index (χ3v) is 8.89. The summed E-state index contributed by atoms with van der Waals surface area (Å²) in [5, 5.41) is 9.95. The second-order valence-corrected chi connectivity index (χ2v) is 11.7. The smallest absolute Gasteiger partial charge is 0.335 e. The molecule has 4 aromatic rings. The van der Waals surface area contributed by atoms with E-state index in [9.17, 15) is 14.3 Å². The maximum absolute atomic E-state index is 14.6. The van der Waals surface area contributed by atoms with Crippen LogP contribution in [0, 0.1) is 5.82 Å². The Hall–Kier alpha value is -3.53. The van der Waals surface area contributed by atoms with Gasteiger partial charge in [0.15, 0.2) is 0 Å². The summed E-state index contributed by atoms with van der Waals surface area (Å²) < 4.78 is 22.4. The Balaban J connectivity index is 1.10. The quantitative estimate of drug-likeness (QED) is 0.322. The van der Waals surface area contributed by atoms with Gasteiger partial charge in [-0.1, -0.05) is 23.7 Å². The molecule has 7 rings (SSSR count). The van der Waals surface area contributed by atoms with Gasteiger partial charge in [0, 0.05) is 43.7 Å². The predicted molar refractivity (Wildman–Crippen MR) is 154 cm³/mol. The Morgan fingerprint density at radius 1 is 1.10 bits per heavy atom. The monoisotopic (exact) mass is 575 g/mol. The van der Waals surface area contributed by atoms with Gasteiger partial charge in [-0.25, -0.2) is 19.2 Å². The first-order chi connectivity index (χ1) is 19.9. The number of hydrogen-bond donors (Lipinski definition) is 1. The number of aromatic carboxylic acids is 1. The van der Waals surface area contributed by atoms with Crippen molar-refractivity contribution in [2.75, 3.05) is 31.1 Å². The maximum atomic E-state index is 14.6. The van der Waals surface area contributed by atoms with Gasteiger partial charge in [-0.3, -0.25) is 4.90 Å². The summed E-state index contributed by atoms with van der Waals surface area (Å²) in [6.07, 6.45) is 2.88. The molecule has 0 amide bonds. The third kappa shape index (κ3) is 5.18. The van der Waals surface area contributed by atoms with Crippen LogP contribution in [0.2, 0.25) is 5.02 Å². The lowest BCUT2D eigenvalue weighted by Gasteiger charge is -2.30. The number of carbonyl (C=O) groups is 1. The lowest BCUT2D eigenvalue weighted by Crippen LogP contribution is -2.34. The molecule has 0 spiro atoms. The highest BCUT2D eigenvalue weighted by Gasteiger charge is 2.29. The van der Waals surface area contributed by atoms with Gasteiger partial charge in [0.05, 0.1) is 41.5 Å². The molecule has 0 aliphatic carbocycles. The second kappa shape index (κ2) is 10.7. The van der Waals surface area contributed by atoms with Crippen LogP contribution in [0.25, 0.3) is 11.0 Å². The minimum atomic E-state index is -0.946. The number of halogens is 2. The van der Waals surface area contributed by atoms with Crippen molar-refractivity contribution in [3.05, 3.63) is 87.6 Å². The van der Waals surface area contributed by atoms with Gasteiger partial charge in [-0.05, 0) is 66.8 Å². The molecular weight excluding hydrogens is 545 g/mol. The summed E-state index contributed by atoms with van der Waals surface area (Å²) in [5.41, 5.74) is 4.91. The van der Waals surface area contributed by atoms with Crippen LogP contribution >= 0.6 is 11.6 Å². The Morgan fingerprint density at radius 2 is 1.98 bits per heavy atom. The molecule has 2 fully saturated rings. The standard InChI is InChI=1S/C31H31ClFN5O3/c32-22-3-4-24(25(33)14-22)21-8-11-37(15-21)29-6-2-19-7-10-36(17-27(19)35-29)18-30-34-26-5-1-20(31(39)40)13-28(26)38(30)16-23-9-12-41-23/h1-6,13-14,21,23H,7-12,15-18H2,(H,39,40)/t21?,23-/m0/s1. The van der Waals surface area contributed by atoms with E-state index in [4.69, 9.17) is 26.3 Å². The molecule has 0 radical (unpaired) electrons. The maximum Gasteiger partial charge on any atom is 0.335 e. The fourth-order valence-electron chi connectivity index (χ4n) is 6.28. The number of carboxylic acids is 1. The number of carboxylic acid groups (broad SMARTS) is 1. The number of aromatic nitrogens is 3. The van der Waals surface area contributed by atoms with Crippen LogP contribution < -0.4 is 4.90 Å². The van der Waals surface area contributed by atoms with Crippen LogP contribution in [-0.2, 0) is 30.8 Å². The van der Waals surface area contributed by atoms with Gasteiger partial charge in [0.25, 0.3) is 0 Å². The molecule has 1 N–H and O–H groups in total. The molecule has 212 valence electrons. The van der Waals surface area contributed by atoms with Crippen molar-refractivity contribution in [1.29, 1.82) is 0 Å². The molecular formula is C31H31ClFN5O3. The van der Waals surface area contributed by atoms with Gasteiger partial charge in [0.1, 0.15) is 17.5 Å². The van der Waals surface area contributed by atoms with E-state index in [0.29, 0.717) is 30.2 Å². The fourth-order valence-corrected chi connectivity index (χ4v) is 6.44. The van der Waals surface area contributed by atoms with Gasteiger partial charge in [-0.2, -0.15) is 0 Å². The highest BCUT2D eigenvalue weighted by atomic mass is 35.5.